The highest BCUT2D eigenvalue weighted by Crippen LogP contribution is 2.36. The summed E-state index contributed by atoms with van der Waals surface area (Å²) >= 11 is 1.67. The Morgan fingerprint density at radius 1 is 1.15 bits per heavy atom. The van der Waals surface area contributed by atoms with Crippen LogP contribution in [0.5, 0.6) is 0 Å². The van der Waals surface area contributed by atoms with Crippen molar-refractivity contribution < 1.29 is 17.9 Å². The van der Waals surface area contributed by atoms with Crippen molar-refractivity contribution in [3.05, 3.63) is 22.6 Å². The van der Waals surface area contributed by atoms with Crippen LogP contribution in [0, 0.1) is 5.92 Å². The monoisotopic (exact) mass is 481 g/mol. The minimum Gasteiger partial charge on any atom is -0.384 e. The number of hydrogen-bond acceptors (Lipinski definition) is 8. The molecule has 1 saturated heterocycles. The molecule has 3 aromatic rings. The van der Waals surface area contributed by atoms with Crippen LogP contribution in [0.15, 0.2) is 6.07 Å². The maximum Gasteiger partial charge on any atom is 0.451 e. The Morgan fingerprint density at radius 2 is 2.00 bits per heavy atom. The summed E-state index contributed by atoms with van der Waals surface area (Å²) in [5.41, 5.74) is 0. The summed E-state index contributed by atoms with van der Waals surface area (Å²) < 4.78 is 46.3. The fraction of sp³-hybridized carbons (Fsp3) is 0.619. The van der Waals surface area contributed by atoms with E-state index in [1.54, 1.807) is 18.4 Å². The zero-order chi connectivity index (χ0) is 23.2. The van der Waals surface area contributed by atoms with Crippen molar-refractivity contribution in [1.29, 1.82) is 0 Å². The molecule has 0 N–H and O–H groups in total. The summed E-state index contributed by atoms with van der Waals surface area (Å²) in [5.74, 6) is 1.22. The van der Waals surface area contributed by atoms with Gasteiger partial charge in [0.15, 0.2) is 5.82 Å². The maximum atomic E-state index is 13.3. The van der Waals surface area contributed by atoms with Crippen molar-refractivity contribution in [3.63, 3.8) is 0 Å². The highest BCUT2D eigenvalue weighted by atomic mass is 32.1. The third-order valence-corrected chi connectivity index (χ3v) is 7.27. The second-order valence-corrected chi connectivity index (χ2v) is 9.71. The van der Waals surface area contributed by atoms with E-state index in [1.165, 1.54) is 9.44 Å². The Balaban J connectivity index is 1.50. The van der Waals surface area contributed by atoms with Gasteiger partial charge in [0.05, 0.1) is 18.5 Å². The minimum atomic E-state index is -4.51. The van der Waals surface area contributed by atoms with Crippen LogP contribution in [0.4, 0.5) is 24.9 Å². The van der Waals surface area contributed by atoms with Gasteiger partial charge in [-0.1, -0.05) is 13.3 Å². The molecular formula is C21H26F3N7OS. The molecule has 5 heterocycles. The lowest BCUT2D eigenvalue weighted by atomic mass is 10.1. The van der Waals surface area contributed by atoms with Gasteiger partial charge in [-0.05, 0) is 18.9 Å². The molecule has 5 rings (SSSR count). The van der Waals surface area contributed by atoms with Crippen LogP contribution >= 0.6 is 11.3 Å². The van der Waals surface area contributed by atoms with E-state index in [9.17, 15) is 13.2 Å². The van der Waals surface area contributed by atoms with E-state index in [4.69, 9.17) is 14.7 Å². The molecule has 0 spiro atoms. The predicted molar refractivity (Wildman–Crippen MR) is 120 cm³/mol. The van der Waals surface area contributed by atoms with Gasteiger partial charge in [0.1, 0.15) is 10.6 Å². The van der Waals surface area contributed by atoms with E-state index in [-0.39, 0.29) is 13.1 Å². The first-order chi connectivity index (χ1) is 15.9. The van der Waals surface area contributed by atoms with Crippen LogP contribution in [-0.2, 0) is 30.4 Å². The highest BCUT2D eigenvalue weighted by Gasteiger charge is 2.40. The molecule has 0 bridgehead atoms. The lowest BCUT2D eigenvalue weighted by molar-refractivity contribution is -0.147. The molecular weight excluding hydrogens is 455 g/mol. The normalized spacial score (nSPS) is 19.0. The number of methoxy groups -OCH3 is 1. The number of hydrogen-bond donors (Lipinski definition) is 0. The smallest absolute Gasteiger partial charge is 0.384 e. The SMILES string of the molecule is CCCc1cc2c(N3CCn4c(nnc4C(F)(F)F)C3)nc(N3CCC(COC)C3)nc2s1. The Morgan fingerprint density at radius 3 is 2.76 bits per heavy atom. The van der Waals surface area contributed by atoms with Gasteiger partial charge in [0, 0.05) is 44.1 Å². The highest BCUT2D eigenvalue weighted by molar-refractivity contribution is 7.18. The largest absolute Gasteiger partial charge is 0.451 e. The van der Waals surface area contributed by atoms with Gasteiger partial charge >= 0.3 is 6.18 Å². The van der Waals surface area contributed by atoms with Crippen molar-refractivity contribution >= 4 is 33.3 Å². The standard InChI is InChI=1S/C21H26F3N7OS/c1-3-4-14-9-15-17(29-7-8-31-16(11-29)27-28-19(31)21(22,23)24)25-20(26-18(15)33-14)30-6-5-13(10-30)12-32-2/h9,13H,3-8,10-12H2,1-2H3. The first-order valence-electron chi connectivity index (χ1n) is 11.2. The molecule has 12 heteroatoms. The van der Waals surface area contributed by atoms with Crippen molar-refractivity contribution in [3.8, 4) is 0 Å². The number of anilines is 2. The second-order valence-electron chi connectivity index (χ2n) is 8.60. The molecule has 3 aromatic heterocycles. The van der Waals surface area contributed by atoms with Crippen LogP contribution in [-0.4, -0.2) is 58.1 Å². The third kappa shape index (κ3) is 4.25. The average Bonchev–Trinajstić information content (AvgIpc) is 3.50. The fourth-order valence-electron chi connectivity index (χ4n) is 4.63. The van der Waals surface area contributed by atoms with E-state index in [1.807, 2.05) is 4.90 Å². The van der Waals surface area contributed by atoms with Gasteiger partial charge in [-0.25, -0.2) is 4.98 Å². The Bertz CT molecular complexity index is 1150. The second kappa shape index (κ2) is 8.71. The lowest BCUT2D eigenvalue weighted by Gasteiger charge is -2.30. The maximum absolute atomic E-state index is 13.3. The zero-order valence-corrected chi connectivity index (χ0v) is 19.4. The molecule has 1 unspecified atom stereocenters. The fourth-order valence-corrected chi connectivity index (χ4v) is 5.75. The molecule has 1 atom stereocenters. The molecule has 8 nitrogen and oxygen atoms in total. The summed E-state index contributed by atoms with van der Waals surface area (Å²) in [5, 5.41) is 8.18. The first-order valence-corrected chi connectivity index (χ1v) is 12.0. The first kappa shape index (κ1) is 22.3. The predicted octanol–water partition coefficient (Wildman–Crippen LogP) is 3.75. The van der Waals surface area contributed by atoms with Gasteiger partial charge < -0.3 is 19.1 Å². The molecule has 33 heavy (non-hydrogen) atoms. The van der Waals surface area contributed by atoms with Crippen LogP contribution < -0.4 is 9.80 Å². The number of halogens is 3. The Labute approximate surface area is 193 Å². The average molecular weight is 482 g/mol. The van der Waals surface area contributed by atoms with Gasteiger partial charge in [-0.3, -0.25) is 0 Å². The van der Waals surface area contributed by atoms with Crippen molar-refractivity contribution in [2.75, 3.05) is 43.2 Å². The van der Waals surface area contributed by atoms with Gasteiger partial charge in [-0.15, -0.1) is 21.5 Å². The van der Waals surface area contributed by atoms with Crippen molar-refractivity contribution in [2.45, 2.75) is 45.5 Å². The van der Waals surface area contributed by atoms with E-state index >= 15 is 0 Å². The molecule has 2 aliphatic heterocycles. The van der Waals surface area contributed by atoms with E-state index in [0.717, 1.165) is 48.4 Å². The number of rotatable bonds is 6. The summed E-state index contributed by atoms with van der Waals surface area (Å²) in [4.78, 5) is 16.1. The number of nitrogens with zero attached hydrogens (tertiary/aromatic N) is 7. The van der Waals surface area contributed by atoms with Crippen molar-refractivity contribution in [2.24, 2.45) is 5.92 Å². The number of aryl methyl sites for hydroxylation is 1. The number of ether oxygens (including phenoxy) is 1. The zero-order valence-electron chi connectivity index (χ0n) is 18.6. The molecule has 0 saturated carbocycles. The Kier molecular flexibility index (Phi) is 5.89. The van der Waals surface area contributed by atoms with Crippen LogP contribution in [0.1, 0.15) is 36.3 Å². The quantitative estimate of drug-likeness (QED) is 0.531. The summed E-state index contributed by atoms with van der Waals surface area (Å²) in [7, 11) is 1.71. The number of alkyl halides is 3. The van der Waals surface area contributed by atoms with Gasteiger partial charge in [0.2, 0.25) is 11.8 Å². The third-order valence-electron chi connectivity index (χ3n) is 6.19. The molecule has 0 aliphatic carbocycles. The summed E-state index contributed by atoms with van der Waals surface area (Å²) in [6.07, 6.45) is -1.51. The molecule has 0 aromatic carbocycles. The van der Waals surface area contributed by atoms with Crippen LogP contribution in [0.2, 0.25) is 0 Å². The minimum absolute atomic E-state index is 0.156. The number of aromatic nitrogens is 5. The van der Waals surface area contributed by atoms with E-state index < -0.39 is 12.0 Å². The molecule has 1 fully saturated rings. The summed E-state index contributed by atoms with van der Waals surface area (Å²) in [6, 6.07) is 2.13. The van der Waals surface area contributed by atoms with Crippen LogP contribution in [0.25, 0.3) is 10.2 Å². The van der Waals surface area contributed by atoms with Gasteiger partial charge in [0.25, 0.3) is 0 Å². The lowest BCUT2D eigenvalue weighted by Crippen LogP contribution is -2.36. The van der Waals surface area contributed by atoms with E-state index in [2.05, 4.69) is 28.1 Å². The number of fused-ring (bicyclic) bond motifs is 2. The topological polar surface area (TPSA) is 72.2 Å². The molecule has 2 aliphatic rings. The molecule has 178 valence electrons. The summed E-state index contributed by atoms with van der Waals surface area (Å²) in [6.45, 7) is 5.30. The number of thiophene rings is 1. The van der Waals surface area contributed by atoms with Crippen LogP contribution in [0.3, 0.4) is 0 Å². The Hall–Kier alpha value is -2.47. The molecule has 0 radical (unpaired) electrons. The van der Waals surface area contributed by atoms with Crippen molar-refractivity contribution in [1.82, 2.24) is 24.7 Å². The van der Waals surface area contributed by atoms with E-state index in [0.29, 0.717) is 30.8 Å². The van der Waals surface area contributed by atoms with Gasteiger partial charge in [-0.2, -0.15) is 18.2 Å². The molecule has 0 amide bonds.